The summed E-state index contributed by atoms with van der Waals surface area (Å²) >= 11 is 0. The first-order valence-corrected chi connectivity index (χ1v) is 6.26. The van der Waals surface area contributed by atoms with Crippen molar-refractivity contribution in [3.63, 3.8) is 0 Å². The van der Waals surface area contributed by atoms with E-state index in [1.165, 1.54) is 0 Å². The first-order chi connectivity index (χ1) is 9.84. The maximum absolute atomic E-state index is 4.34. The van der Waals surface area contributed by atoms with Gasteiger partial charge in [-0.25, -0.2) is 0 Å². The Balaban J connectivity index is 1.91. The molecule has 3 aromatic rings. The highest BCUT2D eigenvalue weighted by Gasteiger charge is 2.02. The summed E-state index contributed by atoms with van der Waals surface area (Å²) in [6.07, 6.45) is 5.24. The second-order valence-corrected chi connectivity index (χ2v) is 4.33. The van der Waals surface area contributed by atoms with E-state index in [0.29, 0.717) is 5.82 Å². The van der Waals surface area contributed by atoms with Gasteiger partial charge in [-0.3, -0.25) is 10.4 Å². The average Bonchev–Trinajstić information content (AvgIpc) is 2.53. The van der Waals surface area contributed by atoms with Crippen LogP contribution in [0, 0.1) is 0 Å². The van der Waals surface area contributed by atoms with Crippen molar-refractivity contribution in [3.8, 4) is 0 Å². The maximum atomic E-state index is 4.34. The predicted molar refractivity (Wildman–Crippen MR) is 79.6 cm³/mol. The number of hydrogen-bond acceptors (Lipinski definition) is 5. The molecule has 5 nitrogen and oxygen atoms in total. The normalized spacial score (nSPS) is 11.6. The Bertz CT molecular complexity index is 747. The first-order valence-electron chi connectivity index (χ1n) is 6.26. The SMILES string of the molecule is CC(=NNc1nncc2ccccc12)c1cccnc1. The Morgan fingerprint density at radius 2 is 2.00 bits per heavy atom. The smallest absolute Gasteiger partial charge is 0.176 e. The third kappa shape index (κ3) is 2.47. The third-order valence-electron chi connectivity index (χ3n) is 2.98. The molecule has 0 aliphatic rings. The number of benzene rings is 1. The quantitative estimate of drug-likeness (QED) is 0.583. The molecule has 0 saturated carbocycles. The molecule has 0 aliphatic carbocycles. The lowest BCUT2D eigenvalue weighted by Crippen LogP contribution is -2.02. The molecule has 3 rings (SSSR count). The standard InChI is InChI=1S/C15H13N5/c1-11(12-6-4-8-16-9-12)18-20-15-14-7-3-2-5-13(14)10-17-19-15/h2-10H,1H3,(H,19,20). The highest BCUT2D eigenvalue weighted by Crippen LogP contribution is 2.19. The molecule has 20 heavy (non-hydrogen) atoms. The number of nitrogens with zero attached hydrogens (tertiary/aromatic N) is 4. The summed E-state index contributed by atoms with van der Waals surface area (Å²) in [5, 5.41) is 14.4. The molecule has 0 saturated heterocycles. The van der Waals surface area contributed by atoms with Crippen molar-refractivity contribution in [3.05, 3.63) is 60.6 Å². The van der Waals surface area contributed by atoms with Crippen molar-refractivity contribution in [1.82, 2.24) is 15.2 Å². The van der Waals surface area contributed by atoms with Gasteiger partial charge in [-0.05, 0) is 13.0 Å². The molecule has 2 aromatic heterocycles. The van der Waals surface area contributed by atoms with E-state index in [9.17, 15) is 0 Å². The summed E-state index contributed by atoms with van der Waals surface area (Å²) in [6.45, 7) is 1.92. The van der Waals surface area contributed by atoms with E-state index in [1.54, 1.807) is 18.6 Å². The maximum Gasteiger partial charge on any atom is 0.176 e. The Labute approximate surface area is 116 Å². The lowest BCUT2D eigenvalue weighted by Gasteiger charge is -2.05. The number of pyridine rings is 1. The highest BCUT2D eigenvalue weighted by molar-refractivity contribution is 5.99. The number of fused-ring (bicyclic) bond motifs is 1. The molecule has 0 unspecified atom stereocenters. The van der Waals surface area contributed by atoms with Crippen LogP contribution in [0.1, 0.15) is 12.5 Å². The minimum Gasteiger partial charge on any atom is -0.264 e. The van der Waals surface area contributed by atoms with E-state index < -0.39 is 0 Å². The zero-order chi connectivity index (χ0) is 13.8. The zero-order valence-electron chi connectivity index (χ0n) is 11.0. The summed E-state index contributed by atoms with van der Waals surface area (Å²) in [5.74, 6) is 0.645. The molecule has 0 fully saturated rings. The number of hydrazone groups is 1. The minimum absolute atomic E-state index is 0.645. The molecule has 1 aromatic carbocycles. The number of rotatable bonds is 3. The van der Waals surface area contributed by atoms with Gasteiger partial charge in [0.25, 0.3) is 0 Å². The summed E-state index contributed by atoms with van der Waals surface area (Å²) in [4.78, 5) is 4.07. The monoisotopic (exact) mass is 263 g/mol. The third-order valence-corrected chi connectivity index (χ3v) is 2.98. The van der Waals surface area contributed by atoms with Gasteiger partial charge in [-0.1, -0.05) is 30.3 Å². The van der Waals surface area contributed by atoms with Gasteiger partial charge in [0, 0.05) is 28.7 Å². The van der Waals surface area contributed by atoms with Crippen LogP contribution in [-0.4, -0.2) is 20.9 Å². The molecule has 5 heteroatoms. The fourth-order valence-corrected chi connectivity index (χ4v) is 1.89. The first kappa shape index (κ1) is 12.2. The van der Waals surface area contributed by atoms with E-state index in [2.05, 4.69) is 25.7 Å². The fraction of sp³-hybridized carbons (Fsp3) is 0.0667. The molecule has 1 N–H and O–H groups in total. The van der Waals surface area contributed by atoms with Crippen LogP contribution >= 0.6 is 0 Å². The van der Waals surface area contributed by atoms with E-state index in [-0.39, 0.29) is 0 Å². The highest BCUT2D eigenvalue weighted by atomic mass is 15.3. The van der Waals surface area contributed by atoms with Crippen molar-refractivity contribution in [2.24, 2.45) is 5.10 Å². The van der Waals surface area contributed by atoms with E-state index in [0.717, 1.165) is 22.0 Å². The summed E-state index contributed by atoms with van der Waals surface area (Å²) in [6, 6.07) is 11.8. The Kier molecular flexibility index (Phi) is 3.33. The van der Waals surface area contributed by atoms with Gasteiger partial charge in [0.15, 0.2) is 5.82 Å². The van der Waals surface area contributed by atoms with Gasteiger partial charge in [0.1, 0.15) is 0 Å². The van der Waals surface area contributed by atoms with Gasteiger partial charge in [0.05, 0.1) is 11.9 Å². The molecule has 2 heterocycles. The zero-order valence-corrected chi connectivity index (χ0v) is 11.0. The minimum atomic E-state index is 0.645. The van der Waals surface area contributed by atoms with Gasteiger partial charge in [-0.15, -0.1) is 5.10 Å². The molecule has 0 atom stereocenters. The average molecular weight is 263 g/mol. The van der Waals surface area contributed by atoms with Crippen molar-refractivity contribution in [1.29, 1.82) is 0 Å². The van der Waals surface area contributed by atoms with Gasteiger partial charge >= 0.3 is 0 Å². The molecular formula is C15H13N5. The van der Waals surface area contributed by atoms with Crippen molar-refractivity contribution in [2.75, 3.05) is 5.43 Å². The second kappa shape index (κ2) is 5.44. The van der Waals surface area contributed by atoms with Crippen LogP contribution in [0.25, 0.3) is 10.8 Å². The van der Waals surface area contributed by atoms with E-state index in [1.807, 2.05) is 43.3 Å². The van der Waals surface area contributed by atoms with Crippen LogP contribution in [0.4, 0.5) is 5.82 Å². The van der Waals surface area contributed by atoms with Crippen molar-refractivity contribution < 1.29 is 0 Å². The van der Waals surface area contributed by atoms with Crippen LogP contribution < -0.4 is 5.43 Å². The number of aromatic nitrogens is 3. The summed E-state index contributed by atoms with van der Waals surface area (Å²) in [7, 11) is 0. The van der Waals surface area contributed by atoms with E-state index >= 15 is 0 Å². The van der Waals surface area contributed by atoms with Crippen LogP contribution in [0.2, 0.25) is 0 Å². The number of nitrogens with one attached hydrogen (secondary N) is 1. The lowest BCUT2D eigenvalue weighted by molar-refractivity contribution is 1.04. The topological polar surface area (TPSA) is 63.1 Å². The lowest BCUT2D eigenvalue weighted by atomic mass is 10.2. The predicted octanol–water partition coefficient (Wildman–Crippen LogP) is 2.86. The molecule has 0 amide bonds. The number of hydrogen-bond donors (Lipinski definition) is 1. The van der Waals surface area contributed by atoms with Crippen LogP contribution in [0.5, 0.6) is 0 Å². The van der Waals surface area contributed by atoms with Crippen LogP contribution in [-0.2, 0) is 0 Å². The van der Waals surface area contributed by atoms with Gasteiger partial charge < -0.3 is 0 Å². The molecule has 98 valence electrons. The molecular weight excluding hydrogens is 250 g/mol. The Hall–Kier alpha value is -2.82. The summed E-state index contributed by atoms with van der Waals surface area (Å²) < 4.78 is 0. The fourth-order valence-electron chi connectivity index (χ4n) is 1.89. The van der Waals surface area contributed by atoms with Crippen LogP contribution in [0.3, 0.4) is 0 Å². The van der Waals surface area contributed by atoms with Crippen LogP contribution in [0.15, 0.2) is 60.1 Å². The Morgan fingerprint density at radius 1 is 1.10 bits per heavy atom. The molecule has 0 bridgehead atoms. The number of anilines is 1. The van der Waals surface area contributed by atoms with Gasteiger partial charge in [-0.2, -0.15) is 10.2 Å². The summed E-state index contributed by atoms with van der Waals surface area (Å²) in [5.41, 5.74) is 4.78. The van der Waals surface area contributed by atoms with Crippen molar-refractivity contribution >= 4 is 22.3 Å². The van der Waals surface area contributed by atoms with E-state index in [4.69, 9.17) is 0 Å². The van der Waals surface area contributed by atoms with Gasteiger partial charge in [0.2, 0.25) is 0 Å². The molecule has 0 aliphatic heterocycles. The second-order valence-electron chi connectivity index (χ2n) is 4.33. The Morgan fingerprint density at radius 3 is 2.85 bits per heavy atom. The van der Waals surface area contributed by atoms with Crippen molar-refractivity contribution in [2.45, 2.75) is 6.92 Å². The molecule has 0 radical (unpaired) electrons. The molecule has 0 spiro atoms. The largest absolute Gasteiger partial charge is 0.264 e.